The van der Waals surface area contributed by atoms with E-state index in [1.807, 2.05) is 4.68 Å². The van der Waals surface area contributed by atoms with Gasteiger partial charge in [-0.1, -0.05) is 13.8 Å². The second kappa shape index (κ2) is 5.35. The van der Waals surface area contributed by atoms with E-state index in [0.717, 1.165) is 38.3 Å². The Morgan fingerprint density at radius 3 is 2.76 bits per heavy atom. The number of nitrogens with one attached hydrogen (secondary N) is 1. The molecule has 0 spiro atoms. The van der Waals surface area contributed by atoms with E-state index in [9.17, 15) is 8.42 Å². The molecule has 1 atom stereocenters. The molecule has 118 valence electrons. The Balaban J connectivity index is 1.77. The lowest BCUT2D eigenvalue weighted by molar-refractivity contribution is 0.0879. The predicted molar refractivity (Wildman–Crippen MR) is 80.6 cm³/mol. The third-order valence-electron chi connectivity index (χ3n) is 4.80. The standard InChI is InChI=1S/C14H24N4O2S/c1-11(2)6-18-13(16-10-17-18)5-14(8-15-9-14)12-3-4-21(19,20)7-12/h10-12,15H,3-9H2,1-2H3. The number of nitrogens with zero attached hydrogens (tertiary/aromatic N) is 3. The van der Waals surface area contributed by atoms with E-state index in [0.29, 0.717) is 17.4 Å². The Hall–Kier alpha value is -0.950. The van der Waals surface area contributed by atoms with E-state index >= 15 is 0 Å². The Labute approximate surface area is 126 Å². The zero-order valence-electron chi connectivity index (χ0n) is 12.7. The van der Waals surface area contributed by atoms with Crippen LogP contribution in [0.4, 0.5) is 0 Å². The number of aromatic nitrogens is 3. The lowest BCUT2D eigenvalue weighted by atomic mass is 9.68. The fourth-order valence-corrected chi connectivity index (χ4v) is 5.46. The molecule has 0 bridgehead atoms. The maximum Gasteiger partial charge on any atom is 0.150 e. The molecule has 1 N–H and O–H groups in total. The first-order chi connectivity index (χ1) is 9.90. The monoisotopic (exact) mass is 312 g/mol. The van der Waals surface area contributed by atoms with Gasteiger partial charge < -0.3 is 5.32 Å². The molecule has 1 aromatic rings. The average molecular weight is 312 g/mol. The minimum Gasteiger partial charge on any atom is -0.315 e. The van der Waals surface area contributed by atoms with Crippen LogP contribution >= 0.6 is 0 Å². The molecule has 2 fully saturated rings. The number of rotatable bonds is 5. The minimum atomic E-state index is -2.83. The van der Waals surface area contributed by atoms with Crippen molar-refractivity contribution in [2.45, 2.75) is 33.2 Å². The summed E-state index contributed by atoms with van der Waals surface area (Å²) in [6.07, 6.45) is 3.23. The van der Waals surface area contributed by atoms with Gasteiger partial charge in [-0.3, -0.25) is 0 Å². The zero-order valence-corrected chi connectivity index (χ0v) is 13.6. The van der Waals surface area contributed by atoms with Gasteiger partial charge in [0.05, 0.1) is 11.5 Å². The van der Waals surface area contributed by atoms with E-state index in [4.69, 9.17) is 0 Å². The Morgan fingerprint density at radius 1 is 1.48 bits per heavy atom. The van der Waals surface area contributed by atoms with Crippen molar-refractivity contribution in [2.24, 2.45) is 17.3 Å². The van der Waals surface area contributed by atoms with Crippen molar-refractivity contribution in [1.29, 1.82) is 0 Å². The molecule has 0 radical (unpaired) electrons. The van der Waals surface area contributed by atoms with E-state index < -0.39 is 9.84 Å². The summed E-state index contributed by atoms with van der Waals surface area (Å²) in [6, 6.07) is 0. The highest BCUT2D eigenvalue weighted by Gasteiger charge is 2.49. The summed E-state index contributed by atoms with van der Waals surface area (Å²) in [5.74, 6) is 2.46. The average Bonchev–Trinajstić information content (AvgIpc) is 2.90. The molecule has 7 heteroatoms. The van der Waals surface area contributed by atoms with Crippen LogP contribution in [0.15, 0.2) is 6.33 Å². The van der Waals surface area contributed by atoms with Crippen LogP contribution in [0.3, 0.4) is 0 Å². The Bertz CT molecular complexity index is 604. The van der Waals surface area contributed by atoms with Gasteiger partial charge in [-0.25, -0.2) is 18.1 Å². The van der Waals surface area contributed by atoms with Crippen LogP contribution < -0.4 is 5.32 Å². The molecule has 1 unspecified atom stereocenters. The van der Waals surface area contributed by atoms with Crippen molar-refractivity contribution < 1.29 is 8.42 Å². The third-order valence-corrected chi connectivity index (χ3v) is 6.56. The smallest absolute Gasteiger partial charge is 0.150 e. The summed E-state index contributed by atoms with van der Waals surface area (Å²) in [5.41, 5.74) is 0.0470. The van der Waals surface area contributed by atoms with Gasteiger partial charge in [-0.05, 0) is 18.3 Å². The topological polar surface area (TPSA) is 76.9 Å². The SMILES string of the molecule is CC(C)Cn1ncnc1CC1(C2CCS(=O)(=O)C2)CNC1. The summed E-state index contributed by atoms with van der Waals surface area (Å²) >= 11 is 0. The summed E-state index contributed by atoms with van der Waals surface area (Å²) in [7, 11) is -2.83. The van der Waals surface area contributed by atoms with Crippen molar-refractivity contribution >= 4 is 9.84 Å². The molecule has 0 saturated carbocycles. The van der Waals surface area contributed by atoms with E-state index in [-0.39, 0.29) is 11.3 Å². The maximum absolute atomic E-state index is 11.8. The molecule has 2 aliphatic heterocycles. The second-order valence-electron chi connectivity index (χ2n) is 6.99. The first-order valence-corrected chi connectivity index (χ1v) is 9.50. The van der Waals surface area contributed by atoms with Crippen LogP contribution in [0, 0.1) is 17.3 Å². The highest BCUT2D eigenvalue weighted by atomic mass is 32.2. The zero-order chi connectivity index (χ0) is 15.1. The van der Waals surface area contributed by atoms with Gasteiger partial charge in [0.15, 0.2) is 9.84 Å². The minimum absolute atomic E-state index is 0.0470. The second-order valence-corrected chi connectivity index (χ2v) is 9.22. The fraction of sp³-hybridized carbons (Fsp3) is 0.857. The molecule has 2 aliphatic rings. The summed E-state index contributed by atoms with van der Waals surface area (Å²) in [5, 5.41) is 7.65. The van der Waals surface area contributed by atoms with E-state index in [1.165, 1.54) is 0 Å². The van der Waals surface area contributed by atoms with Gasteiger partial charge in [0, 0.05) is 31.5 Å². The molecular formula is C14H24N4O2S. The number of sulfone groups is 1. The quantitative estimate of drug-likeness (QED) is 0.857. The summed E-state index contributed by atoms with van der Waals surface area (Å²) in [6.45, 7) is 6.97. The predicted octanol–water partition coefficient (Wildman–Crippen LogP) is 0.501. The molecule has 6 nitrogen and oxygen atoms in total. The molecular weight excluding hydrogens is 288 g/mol. The van der Waals surface area contributed by atoms with Gasteiger partial charge in [0.1, 0.15) is 12.2 Å². The van der Waals surface area contributed by atoms with Gasteiger partial charge in [0.2, 0.25) is 0 Å². The largest absolute Gasteiger partial charge is 0.315 e. The normalized spacial score (nSPS) is 26.9. The van der Waals surface area contributed by atoms with Gasteiger partial charge in [-0.15, -0.1) is 0 Å². The van der Waals surface area contributed by atoms with Crippen molar-refractivity contribution in [1.82, 2.24) is 20.1 Å². The molecule has 1 aromatic heterocycles. The summed E-state index contributed by atoms with van der Waals surface area (Å²) < 4.78 is 25.6. The lowest BCUT2D eigenvalue weighted by Gasteiger charge is -2.46. The van der Waals surface area contributed by atoms with Crippen LogP contribution in [-0.2, 0) is 22.8 Å². The van der Waals surface area contributed by atoms with Crippen molar-refractivity contribution in [3.8, 4) is 0 Å². The fourth-order valence-electron chi connectivity index (χ4n) is 3.52. The molecule has 3 heterocycles. The van der Waals surface area contributed by atoms with Crippen LogP contribution in [0.1, 0.15) is 26.1 Å². The highest BCUT2D eigenvalue weighted by molar-refractivity contribution is 7.91. The summed E-state index contributed by atoms with van der Waals surface area (Å²) in [4.78, 5) is 4.42. The lowest BCUT2D eigenvalue weighted by Crippen LogP contribution is -2.59. The third kappa shape index (κ3) is 2.99. The maximum atomic E-state index is 11.8. The molecule has 0 amide bonds. The Kier molecular flexibility index (Phi) is 3.81. The van der Waals surface area contributed by atoms with Gasteiger partial charge in [-0.2, -0.15) is 5.10 Å². The van der Waals surface area contributed by atoms with E-state index in [2.05, 4.69) is 29.2 Å². The van der Waals surface area contributed by atoms with Crippen LogP contribution in [0.5, 0.6) is 0 Å². The Morgan fingerprint density at radius 2 is 2.24 bits per heavy atom. The number of hydrogen-bond donors (Lipinski definition) is 1. The van der Waals surface area contributed by atoms with Gasteiger partial charge >= 0.3 is 0 Å². The first-order valence-electron chi connectivity index (χ1n) is 7.68. The van der Waals surface area contributed by atoms with Crippen molar-refractivity contribution in [3.05, 3.63) is 12.2 Å². The van der Waals surface area contributed by atoms with Gasteiger partial charge in [0.25, 0.3) is 0 Å². The van der Waals surface area contributed by atoms with E-state index in [1.54, 1.807) is 6.33 Å². The first kappa shape index (κ1) is 15.0. The highest BCUT2D eigenvalue weighted by Crippen LogP contribution is 2.41. The molecule has 0 aromatic carbocycles. The number of hydrogen-bond acceptors (Lipinski definition) is 5. The molecule has 0 aliphatic carbocycles. The van der Waals surface area contributed by atoms with Crippen molar-refractivity contribution in [2.75, 3.05) is 24.6 Å². The molecule has 2 saturated heterocycles. The van der Waals surface area contributed by atoms with Crippen LogP contribution in [-0.4, -0.2) is 47.8 Å². The molecule has 21 heavy (non-hydrogen) atoms. The van der Waals surface area contributed by atoms with Crippen LogP contribution in [0.25, 0.3) is 0 Å². The van der Waals surface area contributed by atoms with Crippen LogP contribution in [0.2, 0.25) is 0 Å². The van der Waals surface area contributed by atoms with Crippen molar-refractivity contribution in [3.63, 3.8) is 0 Å². The molecule has 3 rings (SSSR count).